The minimum atomic E-state index is -0.414. The number of nitro benzene ring substituents is 1. The van der Waals surface area contributed by atoms with Crippen molar-refractivity contribution in [1.29, 1.82) is 0 Å². The van der Waals surface area contributed by atoms with E-state index in [2.05, 4.69) is 28.7 Å². The summed E-state index contributed by atoms with van der Waals surface area (Å²) in [6.07, 6.45) is 3.60. The van der Waals surface area contributed by atoms with Gasteiger partial charge in [0.2, 0.25) is 0 Å². The lowest BCUT2D eigenvalue weighted by Gasteiger charge is -2.29. The Morgan fingerprint density at radius 1 is 1.19 bits per heavy atom. The Balaban J connectivity index is 2.01. The molecule has 2 aromatic heterocycles. The number of pyridine rings is 1. The normalized spacial score (nSPS) is 11.8. The predicted molar refractivity (Wildman–Crippen MR) is 105 cm³/mol. The van der Waals surface area contributed by atoms with E-state index in [0.717, 1.165) is 23.6 Å². The topological polar surface area (TPSA) is 85.0 Å². The van der Waals surface area contributed by atoms with E-state index in [4.69, 9.17) is 4.98 Å². The fourth-order valence-corrected chi connectivity index (χ4v) is 3.02. The quantitative estimate of drug-likeness (QED) is 0.478. The summed E-state index contributed by atoms with van der Waals surface area (Å²) in [6.45, 7) is 6.82. The molecule has 1 unspecified atom stereocenters. The first-order valence-electron chi connectivity index (χ1n) is 8.76. The average Bonchev–Trinajstić information content (AvgIpc) is 2.69. The average molecular weight is 363 g/mol. The van der Waals surface area contributed by atoms with Gasteiger partial charge in [0.25, 0.3) is 5.69 Å². The van der Waals surface area contributed by atoms with Gasteiger partial charge in [0.1, 0.15) is 5.82 Å². The highest BCUT2D eigenvalue weighted by Crippen LogP contribution is 2.28. The lowest BCUT2D eigenvalue weighted by atomic mass is 10.1. The van der Waals surface area contributed by atoms with E-state index in [1.165, 1.54) is 12.1 Å². The Morgan fingerprint density at radius 2 is 2.00 bits per heavy atom. The lowest BCUT2D eigenvalue weighted by Crippen LogP contribution is -2.27. The Morgan fingerprint density at radius 3 is 2.67 bits per heavy atom. The number of aromatic nitrogens is 3. The van der Waals surface area contributed by atoms with E-state index < -0.39 is 4.92 Å². The van der Waals surface area contributed by atoms with E-state index in [1.807, 2.05) is 31.3 Å². The van der Waals surface area contributed by atoms with Crippen molar-refractivity contribution < 1.29 is 4.92 Å². The van der Waals surface area contributed by atoms with Crippen molar-refractivity contribution in [1.82, 2.24) is 15.0 Å². The van der Waals surface area contributed by atoms with Gasteiger partial charge in [0.05, 0.1) is 11.0 Å². The molecule has 0 amide bonds. The van der Waals surface area contributed by atoms with Crippen LogP contribution in [0.15, 0.2) is 54.9 Å². The van der Waals surface area contributed by atoms with Crippen LogP contribution >= 0.6 is 0 Å². The number of rotatable bonds is 6. The summed E-state index contributed by atoms with van der Waals surface area (Å²) in [5, 5.41) is 11.1. The number of hydrogen-bond acceptors (Lipinski definition) is 6. The third-order valence-corrected chi connectivity index (χ3v) is 4.43. The van der Waals surface area contributed by atoms with Crippen LogP contribution in [-0.2, 0) is 0 Å². The van der Waals surface area contributed by atoms with Gasteiger partial charge in [-0.3, -0.25) is 15.1 Å². The molecule has 0 radical (unpaired) electrons. The number of aryl methyl sites for hydroxylation is 1. The van der Waals surface area contributed by atoms with Crippen molar-refractivity contribution in [3.8, 4) is 11.4 Å². The van der Waals surface area contributed by atoms with Gasteiger partial charge in [-0.25, -0.2) is 9.97 Å². The van der Waals surface area contributed by atoms with Crippen LogP contribution < -0.4 is 4.90 Å². The fraction of sp³-hybridized carbons (Fsp3) is 0.250. The van der Waals surface area contributed by atoms with Gasteiger partial charge >= 0.3 is 0 Å². The minimum absolute atomic E-state index is 0.0234. The minimum Gasteiger partial charge on any atom is -0.350 e. The van der Waals surface area contributed by atoms with Gasteiger partial charge in [-0.15, -0.1) is 0 Å². The van der Waals surface area contributed by atoms with Crippen molar-refractivity contribution in [2.24, 2.45) is 0 Å². The summed E-state index contributed by atoms with van der Waals surface area (Å²) in [5.74, 6) is 1.26. The summed E-state index contributed by atoms with van der Waals surface area (Å²) in [4.78, 5) is 26.2. The van der Waals surface area contributed by atoms with Crippen molar-refractivity contribution in [2.45, 2.75) is 26.8 Å². The molecule has 0 aliphatic heterocycles. The van der Waals surface area contributed by atoms with E-state index in [-0.39, 0.29) is 11.7 Å². The molecule has 0 aliphatic rings. The molecular formula is C20H21N5O2. The van der Waals surface area contributed by atoms with Gasteiger partial charge in [-0.1, -0.05) is 18.2 Å². The van der Waals surface area contributed by atoms with Crippen molar-refractivity contribution in [2.75, 3.05) is 11.4 Å². The molecule has 1 aromatic carbocycles. The van der Waals surface area contributed by atoms with Crippen LogP contribution in [-0.4, -0.2) is 26.4 Å². The molecule has 0 N–H and O–H groups in total. The maximum absolute atomic E-state index is 11.1. The van der Waals surface area contributed by atoms with E-state index in [0.29, 0.717) is 11.4 Å². The molecule has 1 atom stereocenters. The molecule has 7 heteroatoms. The molecule has 7 nitrogen and oxygen atoms in total. The van der Waals surface area contributed by atoms with Crippen molar-refractivity contribution in [3.63, 3.8) is 0 Å². The van der Waals surface area contributed by atoms with Crippen molar-refractivity contribution in [3.05, 3.63) is 76.2 Å². The molecule has 138 valence electrons. The molecule has 3 rings (SSSR count). The summed E-state index contributed by atoms with van der Waals surface area (Å²) in [6, 6.07) is 12.4. The van der Waals surface area contributed by atoms with Gasteiger partial charge < -0.3 is 4.90 Å². The van der Waals surface area contributed by atoms with Crippen LogP contribution in [0, 0.1) is 17.0 Å². The van der Waals surface area contributed by atoms with E-state index in [9.17, 15) is 10.1 Å². The fourth-order valence-electron chi connectivity index (χ4n) is 3.02. The molecule has 0 aliphatic carbocycles. The molecule has 0 saturated carbocycles. The summed E-state index contributed by atoms with van der Waals surface area (Å²) in [5.41, 5.74) is 2.54. The maximum atomic E-state index is 11.1. The largest absolute Gasteiger partial charge is 0.350 e. The zero-order valence-electron chi connectivity index (χ0n) is 15.5. The van der Waals surface area contributed by atoms with E-state index >= 15 is 0 Å². The monoisotopic (exact) mass is 363 g/mol. The first-order valence-corrected chi connectivity index (χ1v) is 8.76. The van der Waals surface area contributed by atoms with Crippen molar-refractivity contribution >= 4 is 11.5 Å². The highest BCUT2D eigenvalue weighted by Gasteiger charge is 2.18. The summed E-state index contributed by atoms with van der Waals surface area (Å²) >= 11 is 0. The third-order valence-electron chi connectivity index (χ3n) is 4.43. The summed E-state index contributed by atoms with van der Waals surface area (Å²) < 4.78 is 0. The molecule has 0 fully saturated rings. The van der Waals surface area contributed by atoms with Crippen LogP contribution in [0.3, 0.4) is 0 Å². The van der Waals surface area contributed by atoms with Gasteiger partial charge in [0.15, 0.2) is 5.82 Å². The Bertz CT molecular complexity index is 946. The zero-order valence-corrected chi connectivity index (χ0v) is 15.5. The number of anilines is 1. The van der Waals surface area contributed by atoms with Crippen LogP contribution in [0.1, 0.15) is 31.1 Å². The molecule has 2 heterocycles. The van der Waals surface area contributed by atoms with Crippen LogP contribution in [0.4, 0.5) is 11.5 Å². The first-order chi connectivity index (χ1) is 13.0. The molecule has 0 bridgehead atoms. The van der Waals surface area contributed by atoms with Crippen LogP contribution in [0.2, 0.25) is 0 Å². The zero-order chi connectivity index (χ0) is 19.4. The second kappa shape index (κ2) is 7.90. The Hall–Kier alpha value is -3.35. The van der Waals surface area contributed by atoms with Gasteiger partial charge in [-0.2, -0.15) is 0 Å². The number of non-ortho nitro benzene ring substituents is 1. The molecular weight excluding hydrogens is 342 g/mol. The predicted octanol–water partition coefficient (Wildman–Crippen LogP) is 4.34. The highest BCUT2D eigenvalue weighted by atomic mass is 16.6. The van der Waals surface area contributed by atoms with Crippen LogP contribution in [0.25, 0.3) is 11.4 Å². The van der Waals surface area contributed by atoms with E-state index in [1.54, 1.807) is 18.3 Å². The lowest BCUT2D eigenvalue weighted by molar-refractivity contribution is -0.384. The molecule has 27 heavy (non-hydrogen) atoms. The number of benzene rings is 1. The second-order valence-corrected chi connectivity index (χ2v) is 6.25. The Kier molecular flexibility index (Phi) is 5.40. The molecule has 3 aromatic rings. The highest BCUT2D eigenvalue weighted by molar-refractivity contribution is 5.61. The van der Waals surface area contributed by atoms with Crippen LogP contribution in [0.5, 0.6) is 0 Å². The number of hydrogen-bond donors (Lipinski definition) is 0. The number of nitrogens with zero attached hydrogens (tertiary/aromatic N) is 5. The summed E-state index contributed by atoms with van der Waals surface area (Å²) in [7, 11) is 0. The third kappa shape index (κ3) is 4.08. The standard InChI is InChI=1S/C20H21N5O2/c1-4-24(15(3)17-8-6-10-21-13-17)19-11-14(2)22-20(23-19)16-7-5-9-18(12-16)25(26)27/h5-13,15H,4H2,1-3H3. The van der Waals surface area contributed by atoms with Gasteiger partial charge in [0, 0.05) is 48.4 Å². The second-order valence-electron chi connectivity index (χ2n) is 6.25. The SMILES string of the molecule is CCN(c1cc(C)nc(-c2cccc([N+](=O)[O-])c2)n1)C(C)c1cccnc1. The number of nitro groups is 1. The first kappa shape index (κ1) is 18.4. The van der Waals surface area contributed by atoms with Gasteiger partial charge in [-0.05, 0) is 32.4 Å². The maximum Gasteiger partial charge on any atom is 0.270 e. The smallest absolute Gasteiger partial charge is 0.270 e. The molecule has 0 spiro atoms. The Labute approximate surface area is 157 Å². The molecule has 0 saturated heterocycles.